The van der Waals surface area contributed by atoms with E-state index < -0.39 is 0 Å². The highest BCUT2D eigenvalue weighted by molar-refractivity contribution is 5.90. The van der Waals surface area contributed by atoms with Crippen molar-refractivity contribution in [3.63, 3.8) is 0 Å². The van der Waals surface area contributed by atoms with Crippen molar-refractivity contribution in [2.24, 2.45) is 5.73 Å². The average molecular weight is 369 g/mol. The van der Waals surface area contributed by atoms with Crippen LogP contribution in [0.25, 0.3) is 10.8 Å². The highest BCUT2D eigenvalue weighted by atomic mass is 16.1. The summed E-state index contributed by atoms with van der Waals surface area (Å²) in [4.78, 5) is 12.3. The number of benzene rings is 2. The molecule has 148 valence electrons. The van der Waals surface area contributed by atoms with Gasteiger partial charge in [0.2, 0.25) is 0 Å². The normalized spacial score (nSPS) is 11.1. The Kier molecular flexibility index (Phi) is 10.8. The highest BCUT2D eigenvalue weighted by Crippen LogP contribution is 2.20. The second-order valence-electron chi connectivity index (χ2n) is 7.47. The summed E-state index contributed by atoms with van der Waals surface area (Å²) in [5, 5.41) is 5.86. The van der Waals surface area contributed by atoms with E-state index in [2.05, 4.69) is 35.6 Å². The molecule has 0 aromatic heterocycles. The summed E-state index contributed by atoms with van der Waals surface area (Å²) in [5.74, 6) is 0.370. The average Bonchev–Trinajstić information content (AvgIpc) is 2.69. The number of Topliss-reactive ketones (excluding diaryl/α,β-unsaturated/α-hetero) is 1. The zero-order valence-electron chi connectivity index (χ0n) is 16.7. The monoisotopic (exact) mass is 368 g/mol. The Balaban J connectivity index is 1.50. The topological polar surface area (TPSA) is 55.1 Å². The number of carbonyl (C=O) groups is 1. The van der Waals surface area contributed by atoms with Crippen molar-refractivity contribution in [1.82, 2.24) is 5.32 Å². The third-order valence-electron chi connectivity index (χ3n) is 5.13. The Hall–Kier alpha value is -1.71. The maximum Gasteiger partial charge on any atom is 0.137 e. The van der Waals surface area contributed by atoms with E-state index in [1.807, 2.05) is 12.1 Å². The Morgan fingerprint density at radius 3 is 2.26 bits per heavy atom. The Bertz CT molecular complexity index is 663. The van der Waals surface area contributed by atoms with Gasteiger partial charge in [-0.2, -0.15) is 0 Å². The van der Waals surface area contributed by atoms with E-state index in [-0.39, 0.29) is 0 Å². The lowest BCUT2D eigenvalue weighted by molar-refractivity contribution is -0.118. The van der Waals surface area contributed by atoms with E-state index in [1.54, 1.807) is 0 Å². The predicted octanol–water partition coefficient (Wildman–Crippen LogP) is 5.01. The molecule has 0 spiro atoms. The van der Waals surface area contributed by atoms with Gasteiger partial charge in [0.1, 0.15) is 5.78 Å². The molecule has 0 saturated heterocycles. The molecule has 3 heteroatoms. The number of hydrogen-bond acceptors (Lipinski definition) is 3. The number of unbranched alkanes of at least 4 members (excludes halogenated alkanes) is 6. The van der Waals surface area contributed by atoms with Crippen molar-refractivity contribution in [2.75, 3.05) is 19.6 Å². The molecule has 0 fully saturated rings. The van der Waals surface area contributed by atoms with Crippen LogP contribution in [0.5, 0.6) is 0 Å². The molecule has 0 atom stereocenters. The Morgan fingerprint density at radius 1 is 0.778 bits per heavy atom. The molecule has 0 saturated carbocycles. The number of rotatable bonds is 15. The van der Waals surface area contributed by atoms with Crippen molar-refractivity contribution in [1.29, 1.82) is 0 Å². The third kappa shape index (κ3) is 8.68. The van der Waals surface area contributed by atoms with Gasteiger partial charge in [0, 0.05) is 12.8 Å². The molecule has 2 rings (SSSR count). The molecule has 2 aromatic carbocycles. The van der Waals surface area contributed by atoms with Crippen LogP contribution in [0.2, 0.25) is 0 Å². The fraction of sp³-hybridized carbons (Fsp3) is 0.542. The summed E-state index contributed by atoms with van der Waals surface area (Å²) < 4.78 is 0. The summed E-state index contributed by atoms with van der Waals surface area (Å²) in [5.41, 5.74) is 6.63. The second-order valence-corrected chi connectivity index (χ2v) is 7.47. The first kappa shape index (κ1) is 21.6. The third-order valence-corrected chi connectivity index (χ3v) is 5.13. The van der Waals surface area contributed by atoms with E-state index in [1.165, 1.54) is 49.3 Å². The molecule has 0 aliphatic rings. The molecule has 3 nitrogen and oxygen atoms in total. The van der Waals surface area contributed by atoms with E-state index in [0.717, 1.165) is 38.0 Å². The molecule has 2 aromatic rings. The molecule has 0 radical (unpaired) electrons. The van der Waals surface area contributed by atoms with E-state index in [0.29, 0.717) is 18.6 Å². The zero-order chi connectivity index (χ0) is 19.2. The van der Waals surface area contributed by atoms with Crippen molar-refractivity contribution >= 4 is 16.6 Å². The van der Waals surface area contributed by atoms with Crippen LogP contribution in [0.3, 0.4) is 0 Å². The summed E-state index contributed by atoms with van der Waals surface area (Å²) in [7, 11) is 0. The van der Waals surface area contributed by atoms with Gasteiger partial charge < -0.3 is 11.1 Å². The fourth-order valence-corrected chi connectivity index (χ4v) is 3.56. The Morgan fingerprint density at radius 2 is 1.44 bits per heavy atom. The van der Waals surface area contributed by atoms with Gasteiger partial charge in [0.25, 0.3) is 0 Å². The van der Waals surface area contributed by atoms with Crippen LogP contribution in [0.4, 0.5) is 0 Å². The van der Waals surface area contributed by atoms with Crippen LogP contribution in [0, 0.1) is 0 Å². The molecule has 0 bridgehead atoms. The number of ketones is 1. The second kappa shape index (κ2) is 13.5. The quantitative estimate of drug-likeness (QED) is 0.434. The van der Waals surface area contributed by atoms with Gasteiger partial charge in [-0.3, -0.25) is 4.79 Å². The first-order valence-electron chi connectivity index (χ1n) is 10.7. The maximum absolute atomic E-state index is 12.3. The minimum atomic E-state index is 0.370. The van der Waals surface area contributed by atoms with Crippen LogP contribution in [0.1, 0.15) is 63.4 Å². The lowest BCUT2D eigenvalue weighted by Gasteiger charge is -2.06. The first-order valence-corrected chi connectivity index (χ1v) is 10.7. The maximum atomic E-state index is 12.3. The van der Waals surface area contributed by atoms with Crippen molar-refractivity contribution in [3.8, 4) is 0 Å². The van der Waals surface area contributed by atoms with Gasteiger partial charge >= 0.3 is 0 Å². The van der Waals surface area contributed by atoms with E-state index >= 15 is 0 Å². The van der Waals surface area contributed by atoms with Gasteiger partial charge in [-0.25, -0.2) is 0 Å². The first-order chi connectivity index (χ1) is 13.3. The number of carbonyl (C=O) groups excluding carboxylic acids is 1. The van der Waals surface area contributed by atoms with Gasteiger partial charge in [0.05, 0.1) is 0 Å². The lowest BCUT2D eigenvalue weighted by Crippen LogP contribution is -2.19. The van der Waals surface area contributed by atoms with Crippen LogP contribution in [-0.2, 0) is 11.2 Å². The Labute approximate surface area is 164 Å². The van der Waals surface area contributed by atoms with Crippen molar-refractivity contribution < 1.29 is 4.79 Å². The molecular weight excluding hydrogens is 332 g/mol. The lowest BCUT2D eigenvalue weighted by atomic mass is 9.98. The SMILES string of the molecule is NCCCNCCCCCCCCCC(=O)Cc1cccc2ccccc12. The largest absolute Gasteiger partial charge is 0.330 e. The molecule has 27 heavy (non-hydrogen) atoms. The van der Waals surface area contributed by atoms with Crippen LogP contribution in [0.15, 0.2) is 42.5 Å². The zero-order valence-corrected chi connectivity index (χ0v) is 16.7. The smallest absolute Gasteiger partial charge is 0.137 e. The van der Waals surface area contributed by atoms with Crippen LogP contribution >= 0.6 is 0 Å². The number of nitrogens with one attached hydrogen (secondary N) is 1. The predicted molar refractivity (Wildman–Crippen MR) is 116 cm³/mol. The number of hydrogen-bond donors (Lipinski definition) is 2. The summed E-state index contributed by atoms with van der Waals surface area (Å²) in [6.07, 6.45) is 11.0. The highest BCUT2D eigenvalue weighted by Gasteiger charge is 2.06. The number of fused-ring (bicyclic) bond motifs is 1. The molecular formula is C24H36N2O. The molecule has 0 heterocycles. The van der Waals surface area contributed by atoms with Crippen LogP contribution < -0.4 is 11.1 Å². The van der Waals surface area contributed by atoms with Crippen molar-refractivity contribution in [3.05, 3.63) is 48.0 Å². The van der Waals surface area contributed by atoms with Gasteiger partial charge in [0.15, 0.2) is 0 Å². The molecule has 3 N–H and O–H groups in total. The molecule has 0 aliphatic heterocycles. The van der Waals surface area contributed by atoms with E-state index in [9.17, 15) is 4.79 Å². The number of nitrogens with two attached hydrogens (primary N) is 1. The summed E-state index contributed by atoms with van der Waals surface area (Å²) in [6.45, 7) is 2.93. The molecule has 0 aliphatic carbocycles. The van der Waals surface area contributed by atoms with Gasteiger partial charge in [-0.15, -0.1) is 0 Å². The summed E-state index contributed by atoms with van der Waals surface area (Å²) in [6, 6.07) is 14.6. The molecule has 0 amide bonds. The minimum absolute atomic E-state index is 0.370. The minimum Gasteiger partial charge on any atom is -0.330 e. The fourth-order valence-electron chi connectivity index (χ4n) is 3.56. The van der Waals surface area contributed by atoms with Crippen LogP contribution in [-0.4, -0.2) is 25.4 Å². The molecule has 0 unspecified atom stereocenters. The van der Waals surface area contributed by atoms with Crippen molar-refractivity contribution in [2.45, 2.75) is 64.2 Å². The standard InChI is InChI=1S/C24H36N2O/c25-17-11-19-26-18-9-5-3-1-2-4-6-15-23(27)20-22-14-10-13-21-12-7-8-16-24(21)22/h7-8,10,12-14,16,26H,1-6,9,11,15,17-20,25H2. The van der Waals surface area contributed by atoms with Gasteiger partial charge in [-0.1, -0.05) is 74.6 Å². The van der Waals surface area contributed by atoms with E-state index in [4.69, 9.17) is 5.73 Å². The summed E-state index contributed by atoms with van der Waals surface area (Å²) >= 11 is 0. The van der Waals surface area contributed by atoms with Gasteiger partial charge in [-0.05, 0) is 55.2 Å².